The van der Waals surface area contributed by atoms with Crippen molar-refractivity contribution in [2.45, 2.75) is 400 Å². The number of phosphoric ester groups is 2. The van der Waals surface area contributed by atoms with Crippen molar-refractivity contribution in [1.82, 2.24) is 0 Å². The molecule has 0 saturated heterocycles. The molecule has 0 amide bonds. The SMILES string of the molecule is CCCCCC/C=C\C=C/CCCCCCCC(=O)OC[C@H](COP(=O)(O)OC[C@@H](O)COP(=O)(O)OC[C@@H](COC(=O)CCCCCCCCCC(C)C)OC(=O)CCCCCCCCCCCCCCCCC)OC(=O)CCCCCCCCCCCCCCCCC(C)C. The highest BCUT2D eigenvalue weighted by molar-refractivity contribution is 7.47. The fourth-order valence-electron chi connectivity index (χ4n) is 11.5. The third-order valence-electron chi connectivity index (χ3n) is 17.6. The van der Waals surface area contributed by atoms with E-state index >= 15 is 0 Å². The van der Waals surface area contributed by atoms with E-state index in [-0.39, 0.29) is 25.7 Å². The molecule has 0 aromatic rings. The molecule has 0 rings (SSSR count). The number of hydrogen-bond donors (Lipinski definition) is 3. The summed E-state index contributed by atoms with van der Waals surface area (Å²) in [6, 6.07) is 0. The van der Waals surface area contributed by atoms with Gasteiger partial charge in [-0.2, -0.15) is 0 Å². The first-order valence-corrected chi connectivity index (χ1v) is 42.8. The van der Waals surface area contributed by atoms with Gasteiger partial charge < -0.3 is 33.8 Å². The second kappa shape index (κ2) is 69.3. The number of hydrogen-bond acceptors (Lipinski definition) is 15. The molecule has 0 heterocycles. The molecule has 0 bridgehead atoms. The van der Waals surface area contributed by atoms with Crippen molar-refractivity contribution >= 4 is 39.5 Å². The Kier molecular flexibility index (Phi) is 67.5. The van der Waals surface area contributed by atoms with Crippen molar-refractivity contribution in [3.05, 3.63) is 24.3 Å². The average Bonchev–Trinajstić information content (AvgIpc) is 1.68. The zero-order chi connectivity index (χ0) is 71.4. The Morgan fingerprint density at radius 1 is 0.320 bits per heavy atom. The van der Waals surface area contributed by atoms with E-state index in [4.69, 9.17) is 37.0 Å². The van der Waals surface area contributed by atoms with Crippen molar-refractivity contribution in [2.24, 2.45) is 11.8 Å². The molecule has 0 radical (unpaired) electrons. The van der Waals surface area contributed by atoms with Crippen LogP contribution < -0.4 is 0 Å². The Morgan fingerprint density at radius 3 is 0.845 bits per heavy atom. The maximum Gasteiger partial charge on any atom is 0.472 e. The normalized spacial score (nSPS) is 14.1. The van der Waals surface area contributed by atoms with Crippen molar-refractivity contribution in [2.75, 3.05) is 39.6 Å². The topological polar surface area (TPSA) is 237 Å². The summed E-state index contributed by atoms with van der Waals surface area (Å²) in [6.45, 7) is 9.51. The molecule has 0 fully saturated rings. The van der Waals surface area contributed by atoms with E-state index in [0.717, 1.165) is 121 Å². The van der Waals surface area contributed by atoms with Crippen molar-refractivity contribution in [3.8, 4) is 0 Å². The number of aliphatic hydroxyl groups excluding tert-OH is 1. The fourth-order valence-corrected chi connectivity index (χ4v) is 13.0. The van der Waals surface area contributed by atoms with E-state index in [0.29, 0.717) is 31.6 Å². The van der Waals surface area contributed by atoms with Crippen molar-refractivity contribution < 1.29 is 80.2 Å². The highest BCUT2D eigenvalue weighted by atomic mass is 31.2. The van der Waals surface area contributed by atoms with Gasteiger partial charge in [0.05, 0.1) is 26.4 Å². The molecule has 0 aliphatic rings. The van der Waals surface area contributed by atoms with Crippen LogP contribution >= 0.6 is 15.6 Å². The lowest BCUT2D eigenvalue weighted by Gasteiger charge is -2.21. The maximum absolute atomic E-state index is 13.1. The zero-order valence-electron chi connectivity index (χ0n) is 62.9. The minimum atomic E-state index is -4.97. The van der Waals surface area contributed by atoms with Gasteiger partial charge in [-0.05, 0) is 63.2 Å². The Hall–Kier alpha value is -2.46. The molecule has 19 heteroatoms. The molecule has 5 atom stereocenters. The minimum Gasteiger partial charge on any atom is -0.462 e. The molecule has 0 aromatic carbocycles. The van der Waals surface area contributed by atoms with Crippen LogP contribution in [0.2, 0.25) is 0 Å². The molecule has 0 aliphatic carbocycles. The predicted molar refractivity (Wildman–Crippen MR) is 395 cm³/mol. The number of phosphoric acid groups is 2. The third-order valence-corrected chi connectivity index (χ3v) is 19.5. The summed E-state index contributed by atoms with van der Waals surface area (Å²) in [4.78, 5) is 72.9. The van der Waals surface area contributed by atoms with Crippen molar-refractivity contribution in [1.29, 1.82) is 0 Å². The third kappa shape index (κ3) is 71.7. The van der Waals surface area contributed by atoms with E-state index in [9.17, 15) is 43.2 Å². The summed E-state index contributed by atoms with van der Waals surface area (Å²) in [6.07, 6.45) is 60.5. The number of esters is 4. The second-order valence-corrected chi connectivity index (χ2v) is 31.3. The summed E-state index contributed by atoms with van der Waals surface area (Å²) < 4.78 is 68.6. The average molecular weight is 1420 g/mol. The molecule has 572 valence electrons. The van der Waals surface area contributed by atoms with Gasteiger partial charge in [0.15, 0.2) is 12.2 Å². The predicted octanol–water partition coefficient (Wildman–Crippen LogP) is 22.7. The van der Waals surface area contributed by atoms with Crippen LogP contribution in [-0.2, 0) is 65.4 Å². The maximum atomic E-state index is 13.1. The highest BCUT2D eigenvalue weighted by Crippen LogP contribution is 2.45. The van der Waals surface area contributed by atoms with Gasteiger partial charge in [0.25, 0.3) is 0 Å². The van der Waals surface area contributed by atoms with Crippen LogP contribution in [0.4, 0.5) is 0 Å². The number of aliphatic hydroxyl groups is 1. The molecule has 0 spiro atoms. The van der Waals surface area contributed by atoms with E-state index < -0.39 is 97.5 Å². The Balaban J connectivity index is 5.28. The Morgan fingerprint density at radius 2 is 0.557 bits per heavy atom. The summed E-state index contributed by atoms with van der Waals surface area (Å²) in [5.41, 5.74) is 0. The summed E-state index contributed by atoms with van der Waals surface area (Å²) in [5, 5.41) is 10.6. The lowest BCUT2D eigenvalue weighted by molar-refractivity contribution is -0.161. The van der Waals surface area contributed by atoms with E-state index in [1.807, 2.05) is 0 Å². The molecule has 2 unspecified atom stereocenters. The molecule has 0 saturated carbocycles. The van der Waals surface area contributed by atoms with Gasteiger partial charge in [-0.15, -0.1) is 0 Å². The number of unbranched alkanes of at least 4 members (excludes halogenated alkanes) is 42. The van der Waals surface area contributed by atoms with Crippen LogP contribution in [0.15, 0.2) is 24.3 Å². The van der Waals surface area contributed by atoms with E-state index in [2.05, 4.69) is 65.8 Å². The van der Waals surface area contributed by atoms with E-state index in [1.165, 1.54) is 173 Å². The number of rotatable bonds is 75. The van der Waals surface area contributed by atoms with Crippen LogP contribution in [0.1, 0.15) is 382 Å². The minimum absolute atomic E-state index is 0.101. The number of ether oxygens (including phenoxy) is 4. The van der Waals surface area contributed by atoms with Gasteiger partial charge in [-0.3, -0.25) is 37.3 Å². The van der Waals surface area contributed by atoms with E-state index in [1.54, 1.807) is 0 Å². The quantitative estimate of drug-likeness (QED) is 0.0169. The lowest BCUT2D eigenvalue weighted by Crippen LogP contribution is -2.30. The summed E-state index contributed by atoms with van der Waals surface area (Å²) in [7, 11) is -9.93. The Bertz CT molecular complexity index is 1970. The van der Waals surface area contributed by atoms with Gasteiger partial charge in [0, 0.05) is 25.7 Å². The summed E-state index contributed by atoms with van der Waals surface area (Å²) in [5.74, 6) is -0.647. The fraction of sp³-hybridized carbons (Fsp3) is 0.897. The highest BCUT2D eigenvalue weighted by Gasteiger charge is 2.30. The molecule has 97 heavy (non-hydrogen) atoms. The molecule has 0 aromatic heterocycles. The molecular weight excluding hydrogens is 1270 g/mol. The lowest BCUT2D eigenvalue weighted by atomic mass is 10.0. The first-order valence-electron chi connectivity index (χ1n) is 39.8. The standard InChI is InChI=1S/C78H148O17P2/c1-7-9-11-13-15-17-19-21-23-28-32-36-42-48-54-60-75(80)88-66-73(94-77(82)63-57-51-44-38-34-30-26-25-27-31-35-40-46-52-58-70(3)4)68-92-96(84,85)90-64-72(79)65-91-97(86,87)93-69-74(67-89-76(81)61-55-49-45-39-41-47-53-59-71(5)6)95-78(83)62-56-50-43-37-33-29-24-22-20-18-16-14-12-10-8-2/h17,19,21,23,70-74,79H,7-16,18,20,22,24-69H2,1-6H3,(H,84,85)(H,86,87)/b19-17-,23-21-/t72-,73-,74-/m1/s1. The Labute approximate surface area is 592 Å². The molecule has 3 N–H and O–H groups in total. The number of carbonyl (C=O) groups is 4. The van der Waals surface area contributed by atoms with Gasteiger partial charge in [-0.1, -0.05) is 329 Å². The van der Waals surface area contributed by atoms with Crippen LogP contribution in [0.5, 0.6) is 0 Å². The number of allylic oxidation sites excluding steroid dienone is 4. The van der Waals surface area contributed by atoms with Gasteiger partial charge in [0.1, 0.15) is 19.3 Å². The van der Waals surface area contributed by atoms with Crippen LogP contribution in [-0.4, -0.2) is 96.7 Å². The monoisotopic (exact) mass is 1420 g/mol. The van der Waals surface area contributed by atoms with Crippen LogP contribution in [0.25, 0.3) is 0 Å². The molecule has 17 nitrogen and oxygen atoms in total. The van der Waals surface area contributed by atoms with Crippen LogP contribution in [0, 0.1) is 11.8 Å². The smallest absolute Gasteiger partial charge is 0.462 e. The summed E-state index contributed by atoms with van der Waals surface area (Å²) >= 11 is 0. The van der Waals surface area contributed by atoms with Crippen LogP contribution in [0.3, 0.4) is 0 Å². The van der Waals surface area contributed by atoms with Crippen molar-refractivity contribution in [3.63, 3.8) is 0 Å². The van der Waals surface area contributed by atoms with Gasteiger partial charge >= 0.3 is 39.5 Å². The largest absolute Gasteiger partial charge is 0.472 e. The molecular formula is C78H148O17P2. The molecule has 0 aliphatic heterocycles. The number of carbonyl (C=O) groups excluding carboxylic acids is 4. The van der Waals surface area contributed by atoms with Gasteiger partial charge in [-0.25, -0.2) is 9.13 Å². The zero-order valence-corrected chi connectivity index (χ0v) is 64.7. The second-order valence-electron chi connectivity index (χ2n) is 28.4. The first-order chi connectivity index (χ1) is 46.9. The van der Waals surface area contributed by atoms with Gasteiger partial charge in [0.2, 0.25) is 0 Å². The first kappa shape index (κ1) is 94.5.